The first-order valence-electron chi connectivity index (χ1n) is 16.4. The highest BCUT2D eigenvalue weighted by Crippen LogP contribution is 2.11. The van der Waals surface area contributed by atoms with Crippen molar-refractivity contribution in [3.8, 4) is 0 Å². The van der Waals surface area contributed by atoms with E-state index in [0.717, 1.165) is 84.3 Å². The first kappa shape index (κ1) is 37.8. The maximum absolute atomic E-state index is 8.26. The number of aromatic nitrogens is 2. The summed E-state index contributed by atoms with van der Waals surface area (Å²) >= 11 is 0. The van der Waals surface area contributed by atoms with Crippen molar-refractivity contribution in [3.05, 3.63) is 70.6 Å². The summed E-state index contributed by atoms with van der Waals surface area (Å²) in [6.07, 6.45) is 30.2. The molecule has 2 aromatic rings. The predicted octanol–water partition coefficient (Wildman–Crippen LogP) is 9.16. The Kier molecular flexibility index (Phi) is 26.1. The van der Waals surface area contributed by atoms with Gasteiger partial charge >= 0.3 is 0 Å². The fourth-order valence-electron chi connectivity index (χ4n) is 5.07. The lowest BCUT2D eigenvalue weighted by Gasteiger charge is -2.05. The molecule has 0 bridgehead atoms. The Morgan fingerprint density at radius 1 is 0.667 bits per heavy atom. The molecule has 0 saturated carbocycles. The molecule has 0 unspecified atom stereocenters. The molecule has 2 rings (SSSR count). The van der Waals surface area contributed by atoms with Gasteiger partial charge < -0.3 is 9.47 Å². The Balaban J connectivity index is 0.00000882. The molecule has 0 aliphatic carbocycles. The maximum Gasteiger partial charge on any atom is 0.171 e. The molecule has 2 heterocycles. The van der Waals surface area contributed by atoms with Crippen LogP contribution in [0.25, 0.3) is 10.4 Å². The molecule has 0 aromatic carbocycles. The largest absolute Gasteiger partial charge is 0.381 e. The van der Waals surface area contributed by atoms with Crippen LogP contribution in [-0.2, 0) is 28.9 Å². The molecule has 0 atom stereocenters. The van der Waals surface area contributed by atoms with Crippen molar-refractivity contribution in [2.45, 2.75) is 122 Å². The zero-order valence-electron chi connectivity index (χ0n) is 26.1. The van der Waals surface area contributed by atoms with E-state index >= 15 is 0 Å². The molecule has 236 valence electrons. The molecule has 8 heteroatoms. The summed E-state index contributed by atoms with van der Waals surface area (Å²) < 4.78 is 13.9. The number of azide groups is 1. The van der Waals surface area contributed by atoms with E-state index < -0.39 is 0 Å². The van der Waals surface area contributed by atoms with Crippen LogP contribution in [0.5, 0.6) is 0 Å². The van der Waals surface area contributed by atoms with Gasteiger partial charge in [0.15, 0.2) is 12.4 Å². The van der Waals surface area contributed by atoms with E-state index in [1.54, 1.807) is 0 Å². The molecule has 0 fully saturated rings. The minimum atomic E-state index is 0. The molecule has 0 spiro atoms. The Morgan fingerprint density at radius 3 is 1.83 bits per heavy atom. The van der Waals surface area contributed by atoms with Crippen LogP contribution in [-0.4, -0.2) is 38.0 Å². The highest BCUT2D eigenvalue weighted by molar-refractivity contribution is 5.85. The second kappa shape index (κ2) is 28.9. The van der Waals surface area contributed by atoms with Crippen molar-refractivity contribution in [2.24, 2.45) is 5.11 Å². The van der Waals surface area contributed by atoms with Crippen molar-refractivity contribution in [3.63, 3.8) is 0 Å². The number of nitrogens with zero attached hydrogens (tertiary/aromatic N) is 5. The van der Waals surface area contributed by atoms with Crippen LogP contribution in [0.2, 0.25) is 0 Å². The zero-order chi connectivity index (χ0) is 28.9. The van der Waals surface area contributed by atoms with Crippen LogP contribution in [0.4, 0.5) is 0 Å². The minimum absolute atomic E-state index is 0. The van der Waals surface area contributed by atoms with Crippen LogP contribution in [0.15, 0.2) is 54.2 Å². The average molecular weight is 603 g/mol. The number of aryl methyl sites for hydroxylation is 3. The monoisotopic (exact) mass is 602 g/mol. The van der Waals surface area contributed by atoms with Crippen LogP contribution < -0.4 is 4.57 Å². The van der Waals surface area contributed by atoms with E-state index in [4.69, 9.17) is 15.0 Å². The summed E-state index contributed by atoms with van der Waals surface area (Å²) in [4.78, 5) is 6.94. The van der Waals surface area contributed by atoms with E-state index in [0.29, 0.717) is 6.54 Å². The Morgan fingerprint density at radius 2 is 1.21 bits per heavy atom. The molecule has 42 heavy (non-hydrogen) atoms. The molecule has 0 aliphatic heterocycles. The van der Waals surface area contributed by atoms with Crippen LogP contribution in [0.1, 0.15) is 114 Å². The van der Waals surface area contributed by atoms with Crippen LogP contribution in [0, 0.1) is 0 Å². The second-order valence-corrected chi connectivity index (χ2v) is 11.1. The fourth-order valence-corrected chi connectivity index (χ4v) is 5.07. The number of ether oxygens (including phenoxy) is 2. The van der Waals surface area contributed by atoms with Crippen LogP contribution >= 0.6 is 12.4 Å². The minimum Gasteiger partial charge on any atom is -0.381 e. The van der Waals surface area contributed by atoms with Crippen molar-refractivity contribution < 1.29 is 14.0 Å². The van der Waals surface area contributed by atoms with E-state index in [1.165, 1.54) is 75.3 Å². The Labute approximate surface area is 261 Å². The quantitative estimate of drug-likeness (QED) is 0.0320. The highest BCUT2D eigenvalue weighted by Gasteiger charge is 2.03. The molecule has 0 amide bonds. The summed E-state index contributed by atoms with van der Waals surface area (Å²) in [6.45, 7) is 5.17. The molecule has 0 radical (unpaired) electrons. The molecule has 0 saturated heterocycles. The van der Waals surface area contributed by atoms with Gasteiger partial charge in [0.1, 0.15) is 6.54 Å². The number of hydrogen-bond donors (Lipinski definition) is 0. The summed E-state index contributed by atoms with van der Waals surface area (Å²) in [5, 5.41) is 3.56. The van der Waals surface area contributed by atoms with Gasteiger partial charge in [0.2, 0.25) is 0 Å². The van der Waals surface area contributed by atoms with Gasteiger partial charge in [-0.2, -0.15) is 0 Å². The molecule has 0 aliphatic rings. The first-order valence-corrected chi connectivity index (χ1v) is 16.4. The van der Waals surface area contributed by atoms with Crippen molar-refractivity contribution >= 4 is 12.4 Å². The molecule has 7 nitrogen and oxygen atoms in total. The highest BCUT2D eigenvalue weighted by atomic mass is 35.5. The number of hydrogen-bond acceptors (Lipinski definition) is 4. The van der Waals surface area contributed by atoms with Crippen molar-refractivity contribution in [2.75, 3.05) is 33.0 Å². The van der Waals surface area contributed by atoms with Gasteiger partial charge in [0.05, 0.1) is 0 Å². The van der Waals surface area contributed by atoms with Gasteiger partial charge in [-0.1, -0.05) is 69.0 Å². The smallest absolute Gasteiger partial charge is 0.171 e. The van der Waals surface area contributed by atoms with Gasteiger partial charge in [-0.05, 0) is 74.6 Å². The zero-order valence-corrected chi connectivity index (χ0v) is 26.9. The lowest BCUT2D eigenvalue weighted by atomic mass is 10.1. The Bertz CT molecular complexity index is 912. The standard InChI is InChI=1S/C34H56N5O2.ClH/c35-38-37-24-11-7-10-14-28-41-30-18-22-34-20-16-26-39(32-34)25-12-8-5-3-1-2-4-6-9-13-27-40-29-17-21-33-19-15-23-36-31-33;/h15-16,19-20,23,26,31-32H,1-14,17-18,21-22,24-25,27-30H2;1H/q+1;. The average Bonchev–Trinajstić information content (AvgIpc) is 3.00. The van der Waals surface area contributed by atoms with Gasteiger partial charge in [-0.3, -0.25) is 4.98 Å². The number of rotatable bonds is 28. The fraction of sp³-hybridized carbons (Fsp3) is 0.706. The van der Waals surface area contributed by atoms with Gasteiger partial charge in [-0.15, -0.1) is 12.4 Å². The third-order valence-electron chi connectivity index (χ3n) is 7.47. The number of unbranched alkanes of at least 4 members (excludes halogenated alkanes) is 12. The van der Waals surface area contributed by atoms with E-state index in [9.17, 15) is 0 Å². The van der Waals surface area contributed by atoms with Gasteiger partial charge in [0, 0.05) is 68.3 Å². The summed E-state index contributed by atoms with van der Waals surface area (Å²) in [6, 6.07) is 8.55. The van der Waals surface area contributed by atoms with E-state index in [-0.39, 0.29) is 12.4 Å². The maximum atomic E-state index is 8.26. The van der Waals surface area contributed by atoms with E-state index in [2.05, 4.69) is 50.2 Å². The van der Waals surface area contributed by atoms with Gasteiger partial charge in [0.25, 0.3) is 0 Å². The third kappa shape index (κ3) is 22.4. The summed E-state index contributed by atoms with van der Waals surface area (Å²) in [5.74, 6) is 0. The lowest BCUT2D eigenvalue weighted by molar-refractivity contribution is -0.697. The number of pyridine rings is 2. The van der Waals surface area contributed by atoms with Crippen LogP contribution in [0.3, 0.4) is 0 Å². The molecule has 2 aromatic heterocycles. The first-order chi connectivity index (χ1) is 20.4. The lowest BCUT2D eigenvalue weighted by Crippen LogP contribution is -2.33. The molecular formula is C34H57ClN5O2+. The molecule has 0 N–H and O–H groups in total. The van der Waals surface area contributed by atoms with Crippen molar-refractivity contribution in [1.29, 1.82) is 0 Å². The third-order valence-corrected chi connectivity index (χ3v) is 7.47. The summed E-state index contributed by atoms with van der Waals surface area (Å²) in [5.41, 5.74) is 11.0. The molecular weight excluding hydrogens is 546 g/mol. The van der Waals surface area contributed by atoms with Gasteiger partial charge in [-0.25, -0.2) is 4.57 Å². The SMILES string of the molecule is Cl.[N-]=[N+]=NCCCCCCOCCCc1ccc[n+](CCCCCCCCCCCCOCCCc2cccnc2)c1. The summed E-state index contributed by atoms with van der Waals surface area (Å²) in [7, 11) is 0. The topological polar surface area (TPSA) is 84.0 Å². The second-order valence-electron chi connectivity index (χ2n) is 11.1. The van der Waals surface area contributed by atoms with Crippen molar-refractivity contribution in [1.82, 2.24) is 4.98 Å². The predicted molar refractivity (Wildman–Crippen MR) is 175 cm³/mol. The van der Waals surface area contributed by atoms with E-state index in [1.807, 2.05) is 18.5 Å². The normalized spacial score (nSPS) is 10.8. The number of halogens is 1. The Hall–Kier alpha value is -2.18.